The first-order valence-electron chi connectivity index (χ1n) is 5.46. The molecule has 0 amide bonds. The van der Waals surface area contributed by atoms with Gasteiger partial charge in [0.25, 0.3) is 0 Å². The predicted molar refractivity (Wildman–Crippen MR) is 65.7 cm³/mol. The zero-order valence-electron chi connectivity index (χ0n) is 9.20. The molecule has 0 bridgehead atoms. The quantitative estimate of drug-likeness (QED) is 0.819. The molecule has 1 fully saturated rings. The second kappa shape index (κ2) is 5.93. The van der Waals surface area contributed by atoms with Crippen molar-refractivity contribution in [1.82, 2.24) is 0 Å². The largest absolute Gasteiger partial charge is 0.389 e. The van der Waals surface area contributed by atoms with Crippen molar-refractivity contribution in [2.24, 2.45) is 0 Å². The first kappa shape index (κ1) is 13.0. The van der Waals surface area contributed by atoms with Gasteiger partial charge in [0.1, 0.15) is 6.10 Å². The molecule has 0 radical (unpaired) electrons. The molecule has 4 atom stereocenters. The van der Waals surface area contributed by atoms with E-state index in [9.17, 15) is 10.2 Å². The summed E-state index contributed by atoms with van der Waals surface area (Å²) < 4.78 is 10.7. The number of aliphatic hydroxyl groups is 2. The second-order valence-electron chi connectivity index (χ2n) is 4.00. The van der Waals surface area contributed by atoms with Crippen LogP contribution in [0.25, 0.3) is 0 Å². The molecule has 1 aliphatic rings. The monoisotopic (exact) mass is 302 g/mol. The summed E-state index contributed by atoms with van der Waals surface area (Å²) in [6.45, 7) is 0.533. The normalized spacial score (nSPS) is 33.6. The lowest BCUT2D eigenvalue weighted by Gasteiger charge is -2.34. The molecule has 2 N–H and O–H groups in total. The van der Waals surface area contributed by atoms with Gasteiger partial charge < -0.3 is 19.7 Å². The average molecular weight is 303 g/mol. The van der Waals surface area contributed by atoms with E-state index >= 15 is 0 Å². The van der Waals surface area contributed by atoms with Crippen LogP contribution in [0.4, 0.5) is 0 Å². The number of ether oxygens (including phenoxy) is 2. The third kappa shape index (κ3) is 3.26. The molecule has 0 aromatic heterocycles. The van der Waals surface area contributed by atoms with Gasteiger partial charge in [-0.15, -0.1) is 0 Å². The van der Waals surface area contributed by atoms with Gasteiger partial charge in [0.05, 0.1) is 24.1 Å². The van der Waals surface area contributed by atoms with Gasteiger partial charge in [0, 0.05) is 0 Å². The van der Waals surface area contributed by atoms with E-state index < -0.39 is 23.3 Å². The number of benzene rings is 1. The highest BCUT2D eigenvalue weighted by atomic mass is 79.9. The maximum atomic E-state index is 9.83. The highest BCUT2D eigenvalue weighted by Gasteiger charge is 2.37. The van der Waals surface area contributed by atoms with E-state index in [1.807, 2.05) is 30.3 Å². The summed E-state index contributed by atoms with van der Waals surface area (Å²) in [5.74, 6) is 0. The Morgan fingerprint density at radius 2 is 2.00 bits per heavy atom. The van der Waals surface area contributed by atoms with Gasteiger partial charge in [-0.1, -0.05) is 46.3 Å². The minimum absolute atomic E-state index is 0.159. The molecule has 1 heterocycles. The van der Waals surface area contributed by atoms with Crippen molar-refractivity contribution in [3.8, 4) is 0 Å². The maximum absolute atomic E-state index is 9.83. The molecule has 2 rings (SSSR count). The minimum Gasteiger partial charge on any atom is -0.389 e. The number of hydrogen-bond donors (Lipinski definition) is 2. The molecule has 1 saturated heterocycles. The van der Waals surface area contributed by atoms with Gasteiger partial charge in [0.15, 0.2) is 6.29 Å². The first-order chi connectivity index (χ1) is 8.18. The smallest absolute Gasteiger partial charge is 0.185 e. The lowest BCUT2D eigenvalue weighted by atomic mass is 10.1. The Bertz CT molecular complexity index is 346. The lowest BCUT2D eigenvalue weighted by molar-refractivity contribution is -0.236. The van der Waals surface area contributed by atoms with Crippen LogP contribution in [-0.4, -0.2) is 40.1 Å². The Labute approximate surface area is 108 Å². The number of halogens is 1. The van der Waals surface area contributed by atoms with Crippen molar-refractivity contribution >= 4 is 15.9 Å². The lowest BCUT2D eigenvalue weighted by Crippen LogP contribution is -2.50. The maximum Gasteiger partial charge on any atom is 0.185 e. The van der Waals surface area contributed by atoms with Crippen molar-refractivity contribution in [2.45, 2.75) is 29.9 Å². The molecular weight excluding hydrogens is 288 g/mol. The Morgan fingerprint density at radius 1 is 1.29 bits per heavy atom. The Kier molecular flexibility index (Phi) is 4.53. The van der Waals surface area contributed by atoms with Gasteiger partial charge in [-0.05, 0) is 5.56 Å². The zero-order valence-corrected chi connectivity index (χ0v) is 10.8. The van der Waals surface area contributed by atoms with Crippen molar-refractivity contribution in [3.63, 3.8) is 0 Å². The summed E-state index contributed by atoms with van der Waals surface area (Å²) in [5, 5.41) is 19.3. The van der Waals surface area contributed by atoms with E-state index in [0.717, 1.165) is 5.56 Å². The van der Waals surface area contributed by atoms with Crippen molar-refractivity contribution in [1.29, 1.82) is 0 Å². The van der Waals surface area contributed by atoms with Crippen LogP contribution in [0, 0.1) is 0 Å². The Hall–Kier alpha value is -0.460. The topological polar surface area (TPSA) is 58.9 Å². The van der Waals surface area contributed by atoms with Gasteiger partial charge >= 0.3 is 0 Å². The molecule has 0 aliphatic carbocycles. The molecule has 1 aromatic rings. The first-order valence-corrected chi connectivity index (χ1v) is 6.37. The van der Waals surface area contributed by atoms with E-state index in [1.165, 1.54) is 0 Å². The third-order valence-corrected chi connectivity index (χ3v) is 3.81. The summed E-state index contributed by atoms with van der Waals surface area (Å²) in [6, 6.07) is 9.66. The molecule has 94 valence electrons. The van der Waals surface area contributed by atoms with Crippen LogP contribution in [0.5, 0.6) is 0 Å². The van der Waals surface area contributed by atoms with Crippen molar-refractivity contribution < 1.29 is 19.7 Å². The number of aliphatic hydroxyl groups excluding tert-OH is 2. The summed E-state index contributed by atoms with van der Waals surface area (Å²) in [5.41, 5.74) is 1.01. The van der Waals surface area contributed by atoms with Crippen molar-refractivity contribution in [2.75, 3.05) is 6.61 Å². The standard InChI is InChI=1S/C12H15BrO4/c13-10-9(14)7-17-12(11(10)15)16-6-8-4-2-1-3-5-8/h1-5,9-12,14-15H,6-7H2/t9-,10+,11-,12+/m1/s1. The molecule has 0 saturated carbocycles. The number of hydrogen-bond acceptors (Lipinski definition) is 4. The van der Waals surface area contributed by atoms with Crippen LogP contribution >= 0.6 is 15.9 Å². The van der Waals surface area contributed by atoms with Crippen LogP contribution < -0.4 is 0 Å². The molecule has 1 aromatic carbocycles. The molecule has 4 nitrogen and oxygen atoms in total. The fourth-order valence-electron chi connectivity index (χ4n) is 1.66. The van der Waals surface area contributed by atoms with Gasteiger partial charge in [-0.25, -0.2) is 0 Å². The van der Waals surface area contributed by atoms with Crippen LogP contribution in [0.2, 0.25) is 0 Å². The van der Waals surface area contributed by atoms with Gasteiger partial charge in [0.2, 0.25) is 0 Å². The molecule has 5 heteroatoms. The van der Waals surface area contributed by atoms with Gasteiger partial charge in [-0.2, -0.15) is 0 Å². The fraction of sp³-hybridized carbons (Fsp3) is 0.500. The zero-order chi connectivity index (χ0) is 12.3. The van der Waals surface area contributed by atoms with Crippen molar-refractivity contribution in [3.05, 3.63) is 35.9 Å². The Balaban J connectivity index is 1.87. The highest BCUT2D eigenvalue weighted by molar-refractivity contribution is 9.09. The minimum atomic E-state index is -0.873. The van der Waals surface area contributed by atoms with Crippen LogP contribution in [0.3, 0.4) is 0 Å². The third-order valence-electron chi connectivity index (χ3n) is 2.66. The fourth-order valence-corrected chi connectivity index (χ4v) is 2.06. The molecular formula is C12H15BrO4. The molecule has 0 spiro atoms. The average Bonchev–Trinajstić information content (AvgIpc) is 2.36. The summed E-state index contributed by atoms with van der Waals surface area (Å²) in [6.07, 6.45) is -2.29. The summed E-state index contributed by atoms with van der Waals surface area (Å²) >= 11 is 3.23. The van der Waals surface area contributed by atoms with E-state index in [1.54, 1.807) is 0 Å². The van der Waals surface area contributed by atoms with E-state index in [0.29, 0.717) is 6.61 Å². The van der Waals surface area contributed by atoms with Crippen LogP contribution in [-0.2, 0) is 16.1 Å². The molecule has 1 aliphatic heterocycles. The summed E-state index contributed by atoms with van der Waals surface area (Å²) in [7, 11) is 0. The second-order valence-corrected chi connectivity index (χ2v) is 5.06. The predicted octanol–water partition coefficient (Wildman–Crippen LogP) is 1.04. The summed E-state index contributed by atoms with van der Waals surface area (Å²) in [4.78, 5) is -0.419. The van der Waals surface area contributed by atoms with Crippen LogP contribution in [0.1, 0.15) is 5.56 Å². The van der Waals surface area contributed by atoms with E-state index in [2.05, 4.69) is 15.9 Å². The van der Waals surface area contributed by atoms with Crippen LogP contribution in [0.15, 0.2) is 30.3 Å². The van der Waals surface area contributed by atoms with E-state index in [-0.39, 0.29) is 6.61 Å². The Morgan fingerprint density at radius 3 is 2.71 bits per heavy atom. The molecule has 17 heavy (non-hydrogen) atoms. The number of rotatable bonds is 3. The highest BCUT2D eigenvalue weighted by Crippen LogP contribution is 2.23. The SMILES string of the molecule is O[C@H]1[C@@H](OCc2ccccc2)OC[C@@H](O)[C@@H]1Br. The van der Waals surface area contributed by atoms with Gasteiger partial charge in [-0.3, -0.25) is 0 Å². The number of alkyl halides is 1. The molecule has 0 unspecified atom stereocenters. The van der Waals surface area contributed by atoms with E-state index in [4.69, 9.17) is 9.47 Å².